The van der Waals surface area contributed by atoms with Gasteiger partial charge in [0.25, 0.3) is 0 Å². The van der Waals surface area contributed by atoms with Gasteiger partial charge in [-0.2, -0.15) is 12.7 Å². The molecule has 0 fully saturated rings. The Labute approximate surface area is 117 Å². The molecule has 0 unspecified atom stereocenters. The van der Waals surface area contributed by atoms with Gasteiger partial charge >= 0.3 is 16.2 Å². The Morgan fingerprint density at radius 2 is 1.95 bits per heavy atom. The topological polar surface area (TPSA) is 86.7 Å². The quantitative estimate of drug-likeness (QED) is 0.842. The third kappa shape index (κ3) is 3.82. The molecule has 0 aliphatic rings. The first-order valence-electron chi connectivity index (χ1n) is 5.62. The zero-order chi connectivity index (χ0) is 14.6. The van der Waals surface area contributed by atoms with Crippen LogP contribution in [0.15, 0.2) is 18.2 Å². The molecule has 0 amide bonds. The molecule has 1 rings (SSSR count). The first-order chi connectivity index (χ1) is 8.81. The number of hydrogen-bond acceptors (Lipinski definition) is 3. The molecular formula is C11H15ClN2O4S. The highest BCUT2D eigenvalue weighted by atomic mass is 35.5. The van der Waals surface area contributed by atoms with Gasteiger partial charge in [-0.05, 0) is 18.2 Å². The third-order valence-electron chi connectivity index (χ3n) is 2.49. The maximum atomic E-state index is 12.0. The van der Waals surface area contributed by atoms with Crippen LogP contribution in [-0.4, -0.2) is 36.9 Å². The van der Waals surface area contributed by atoms with Crippen molar-refractivity contribution in [1.29, 1.82) is 0 Å². The molecule has 6 nitrogen and oxygen atoms in total. The molecule has 0 aliphatic heterocycles. The summed E-state index contributed by atoms with van der Waals surface area (Å²) >= 11 is 5.71. The van der Waals surface area contributed by atoms with Crippen LogP contribution in [0.2, 0.25) is 5.02 Å². The number of anilines is 1. The second-order valence-electron chi connectivity index (χ2n) is 3.69. The summed E-state index contributed by atoms with van der Waals surface area (Å²) in [6.45, 7) is 4.08. The predicted molar refractivity (Wildman–Crippen MR) is 73.9 cm³/mol. The molecule has 19 heavy (non-hydrogen) atoms. The van der Waals surface area contributed by atoms with Gasteiger partial charge in [-0.15, -0.1) is 0 Å². The van der Waals surface area contributed by atoms with Gasteiger partial charge in [-0.1, -0.05) is 25.4 Å². The molecule has 8 heteroatoms. The second kappa shape index (κ2) is 6.23. The monoisotopic (exact) mass is 306 g/mol. The van der Waals surface area contributed by atoms with Crippen LogP contribution >= 0.6 is 11.6 Å². The fraction of sp³-hybridized carbons (Fsp3) is 0.364. The number of halogens is 1. The van der Waals surface area contributed by atoms with Gasteiger partial charge in [0.05, 0.1) is 16.3 Å². The molecule has 0 radical (unpaired) electrons. The maximum absolute atomic E-state index is 12.0. The van der Waals surface area contributed by atoms with E-state index in [1.807, 2.05) is 0 Å². The Morgan fingerprint density at radius 3 is 2.42 bits per heavy atom. The molecule has 0 atom stereocenters. The highest BCUT2D eigenvalue weighted by molar-refractivity contribution is 7.90. The lowest BCUT2D eigenvalue weighted by molar-refractivity contribution is 0.0697. The van der Waals surface area contributed by atoms with Crippen LogP contribution in [0.5, 0.6) is 0 Å². The van der Waals surface area contributed by atoms with Gasteiger partial charge < -0.3 is 5.11 Å². The Morgan fingerprint density at radius 1 is 1.37 bits per heavy atom. The van der Waals surface area contributed by atoms with E-state index in [9.17, 15) is 13.2 Å². The van der Waals surface area contributed by atoms with Crippen molar-refractivity contribution in [2.75, 3.05) is 17.8 Å². The normalized spacial score (nSPS) is 11.6. The highest BCUT2D eigenvalue weighted by Crippen LogP contribution is 2.21. The summed E-state index contributed by atoms with van der Waals surface area (Å²) in [5, 5.41) is 8.97. The number of nitrogens with zero attached hydrogens (tertiary/aromatic N) is 1. The second-order valence-corrected chi connectivity index (χ2v) is 5.77. The molecule has 0 heterocycles. The summed E-state index contributed by atoms with van der Waals surface area (Å²) in [5.41, 5.74) is 0.00936. The van der Waals surface area contributed by atoms with Crippen molar-refractivity contribution in [1.82, 2.24) is 4.31 Å². The molecule has 0 spiro atoms. The number of hydrogen-bond donors (Lipinski definition) is 2. The Kier molecular flexibility index (Phi) is 5.16. The molecule has 0 saturated heterocycles. The van der Waals surface area contributed by atoms with Crippen LogP contribution in [0.4, 0.5) is 5.69 Å². The molecule has 2 N–H and O–H groups in total. The number of benzene rings is 1. The van der Waals surface area contributed by atoms with Crippen LogP contribution in [0.1, 0.15) is 24.2 Å². The standard InChI is InChI=1S/C11H15ClN2O4S/c1-3-14(4-2)19(17,18)13-8-5-6-10(12)9(7-8)11(15)16/h5-7,13H,3-4H2,1-2H3,(H,15,16). The average molecular weight is 307 g/mol. The van der Waals surface area contributed by atoms with E-state index in [1.54, 1.807) is 13.8 Å². The minimum atomic E-state index is -3.68. The van der Waals surface area contributed by atoms with Crippen molar-refractivity contribution >= 4 is 33.5 Å². The largest absolute Gasteiger partial charge is 0.478 e. The highest BCUT2D eigenvalue weighted by Gasteiger charge is 2.19. The first-order valence-corrected chi connectivity index (χ1v) is 7.44. The summed E-state index contributed by atoms with van der Waals surface area (Å²) in [6, 6.07) is 3.94. The number of carboxylic acid groups (broad SMARTS) is 1. The fourth-order valence-electron chi connectivity index (χ4n) is 1.53. The molecule has 1 aromatic rings. The van der Waals surface area contributed by atoms with Gasteiger partial charge in [0.1, 0.15) is 0 Å². The van der Waals surface area contributed by atoms with E-state index >= 15 is 0 Å². The Bertz CT molecular complexity index is 570. The Hall–Kier alpha value is -1.31. The lowest BCUT2D eigenvalue weighted by Crippen LogP contribution is -2.35. The van der Waals surface area contributed by atoms with Crippen molar-refractivity contribution in [3.63, 3.8) is 0 Å². The average Bonchev–Trinajstić information content (AvgIpc) is 2.32. The minimum Gasteiger partial charge on any atom is -0.478 e. The number of rotatable bonds is 6. The van der Waals surface area contributed by atoms with Crippen molar-refractivity contribution in [3.05, 3.63) is 28.8 Å². The molecule has 0 saturated carbocycles. The number of aromatic carboxylic acids is 1. The molecule has 0 aliphatic carbocycles. The number of carboxylic acids is 1. The summed E-state index contributed by atoms with van der Waals surface area (Å²) in [5.74, 6) is -1.21. The molecular weight excluding hydrogens is 292 g/mol. The number of carbonyl (C=O) groups is 1. The minimum absolute atomic E-state index is 0.0540. The summed E-state index contributed by atoms with van der Waals surface area (Å²) in [7, 11) is -3.68. The van der Waals surface area contributed by atoms with E-state index in [0.29, 0.717) is 13.1 Å². The van der Waals surface area contributed by atoms with E-state index in [-0.39, 0.29) is 16.3 Å². The van der Waals surface area contributed by atoms with Crippen molar-refractivity contribution in [3.8, 4) is 0 Å². The predicted octanol–water partition coefficient (Wildman–Crippen LogP) is 2.04. The Balaban J connectivity index is 3.07. The van der Waals surface area contributed by atoms with Crippen molar-refractivity contribution < 1.29 is 18.3 Å². The van der Waals surface area contributed by atoms with Crippen LogP contribution in [-0.2, 0) is 10.2 Å². The van der Waals surface area contributed by atoms with Gasteiger partial charge in [0.2, 0.25) is 0 Å². The fourth-order valence-corrected chi connectivity index (χ4v) is 2.96. The van der Waals surface area contributed by atoms with Gasteiger partial charge in [0, 0.05) is 13.1 Å². The molecule has 0 bridgehead atoms. The summed E-state index contributed by atoms with van der Waals surface area (Å²) in [4.78, 5) is 10.9. The zero-order valence-electron chi connectivity index (χ0n) is 10.6. The van der Waals surface area contributed by atoms with Crippen LogP contribution in [0.25, 0.3) is 0 Å². The lowest BCUT2D eigenvalue weighted by Gasteiger charge is -2.19. The van der Waals surface area contributed by atoms with E-state index in [0.717, 1.165) is 0 Å². The summed E-state index contributed by atoms with van der Waals surface area (Å²) in [6.07, 6.45) is 0. The van der Waals surface area contributed by atoms with Gasteiger partial charge in [-0.3, -0.25) is 4.72 Å². The van der Waals surface area contributed by atoms with E-state index in [1.165, 1.54) is 22.5 Å². The number of nitrogens with one attached hydrogen (secondary N) is 1. The van der Waals surface area contributed by atoms with Crippen LogP contribution in [0, 0.1) is 0 Å². The van der Waals surface area contributed by atoms with E-state index < -0.39 is 16.2 Å². The van der Waals surface area contributed by atoms with Crippen LogP contribution in [0.3, 0.4) is 0 Å². The van der Waals surface area contributed by atoms with Crippen LogP contribution < -0.4 is 4.72 Å². The maximum Gasteiger partial charge on any atom is 0.337 e. The van der Waals surface area contributed by atoms with Gasteiger partial charge in [0.15, 0.2) is 0 Å². The molecule has 106 valence electrons. The van der Waals surface area contributed by atoms with Crippen molar-refractivity contribution in [2.45, 2.75) is 13.8 Å². The van der Waals surface area contributed by atoms with E-state index in [4.69, 9.17) is 16.7 Å². The van der Waals surface area contributed by atoms with E-state index in [2.05, 4.69) is 4.72 Å². The lowest BCUT2D eigenvalue weighted by atomic mass is 10.2. The smallest absolute Gasteiger partial charge is 0.337 e. The van der Waals surface area contributed by atoms with Gasteiger partial charge in [-0.25, -0.2) is 4.79 Å². The SMILES string of the molecule is CCN(CC)S(=O)(=O)Nc1ccc(Cl)c(C(=O)O)c1. The zero-order valence-corrected chi connectivity index (χ0v) is 12.1. The molecule has 1 aromatic carbocycles. The third-order valence-corrected chi connectivity index (χ3v) is 4.51. The first kappa shape index (κ1) is 15.7. The summed E-state index contributed by atoms with van der Waals surface area (Å²) < 4.78 is 27.5. The molecule has 0 aromatic heterocycles. The van der Waals surface area contributed by atoms with Crippen molar-refractivity contribution in [2.24, 2.45) is 0 Å².